The van der Waals surface area contributed by atoms with Crippen LogP contribution in [-0.2, 0) is 10.5 Å². The van der Waals surface area contributed by atoms with Gasteiger partial charge >= 0.3 is 0 Å². The van der Waals surface area contributed by atoms with Crippen molar-refractivity contribution in [3.05, 3.63) is 64.7 Å². The number of nitrogens with one attached hydrogen (secondary N) is 1. The Hall–Kier alpha value is -1.89. The lowest BCUT2D eigenvalue weighted by molar-refractivity contribution is -0.113. The summed E-state index contributed by atoms with van der Waals surface area (Å²) in [5.41, 5.74) is 2.58. The zero-order chi connectivity index (χ0) is 15.1. The first-order valence-corrected chi connectivity index (χ1v) is 7.89. The Labute approximate surface area is 133 Å². The second kappa shape index (κ2) is 7.78. The molecule has 0 aromatic heterocycles. The Bertz CT molecular complexity index is 678. The lowest BCUT2D eigenvalue weighted by Gasteiger charge is -2.06. The molecular formula is C17H14ClNOS. The normalized spacial score (nSPS) is 9.90. The zero-order valence-electron chi connectivity index (χ0n) is 11.3. The summed E-state index contributed by atoms with van der Waals surface area (Å²) in [5, 5.41) is 3.54. The highest BCUT2D eigenvalue weighted by Crippen LogP contribution is 2.17. The number of rotatable bonds is 5. The van der Waals surface area contributed by atoms with E-state index in [9.17, 15) is 4.79 Å². The van der Waals surface area contributed by atoms with Gasteiger partial charge in [-0.3, -0.25) is 4.79 Å². The van der Waals surface area contributed by atoms with E-state index in [0.717, 1.165) is 22.6 Å². The molecule has 0 spiro atoms. The molecule has 0 aliphatic heterocycles. The number of hydrogen-bond acceptors (Lipinski definition) is 2. The van der Waals surface area contributed by atoms with E-state index in [1.54, 1.807) is 17.8 Å². The number of thioether (sulfide) groups is 1. The maximum absolute atomic E-state index is 11.9. The second-order valence-corrected chi connectivity index (χ2v) is 5.82. The number of halogens is 1. The molecular weight excluding hydrogens is 302 g/mol. The molecule has 0 radical (unpaired) electrons. The Morgan fingerprint density at radius 3 is 2.81 bits per heavy atom. The van der Waals surface area contributed by atoms with Gasteiger partial charge < -0.3 is 5.32 Å². The molecule has 0 saturated carbocycles. The molecule has 0 fully saturated rings. The number of terminal acetylenes is 1. The Kier molecular flexibility index (Phi) is 5.74. The highest BCUT2D eigenvalue weighted by molar-refractivity contribution is 7.99. The second-order valence-electron chi connectivity index (χ2n) is 4.40. The van der Waals surface area contributed by atoms with Crippen LogP contribution in [0.5, 0.6) is 0 Å². The molecule has 106 valence electrons. The summed E-state index contributed by atoms with van der Waals surface area (Å²) in [4.78, 5) is 11.9. The van der Waals surface area contributed by atoms with E-state index in [0.29, 0.717) is 10.8 Å². The third kappa shape index (κ3) is 5.18. The average Bonchev–Trinajstić information content (AvgIpc) is 2.47. The summed E-state index contributed by atoms with van der Waals surface area (Å²) in [6.07, 6.45) is 5.33. The Balaban J connectivity index is 1.81. The lowest BCUT2D eigenvalue weighted by Crippen LogP contribution is -2.14. The smallest absolute Gasteiger partial charge is 0.234 e. The van der Waals surface area contributed by atoms with Gasteiger partial charge in [-0.15, -0.1) is 18.2 Å². The molecule has 2 nitrogen and oxygen atoms in total. The molecule has 0 aliphatic rings. The number of amides is 1. The van der Waals surface area contributed by atoms with Gasteiger partial charge in [0, 0.05) is 22.0 Å². The maximum Gasteiger partial charge on any atom is 0.234 e. The molecule has 0 aliphatic carbocycles. The summed E-state index contributed by atoms with van der Waals surface area (Å²) in [5.74, 6) is 3.63. The number of anilines is 1. The van der Waals surface area contributed by atoms with Crippen LogP contribution in [0.3, 0.4) is 0 Å². The summed E-state index contributed by atoms with van der Waals surface area (Å²) in [7, 11) is 0. The van der Waals surface area contributed by atoms with Crippen molar-refractivity contribution >= 4 is 35.0 Å². The van der Waals surface area contributed by atoms with Crippen molar-refractivity contribution in [3.63, 3.8) is 0 Å². The van der Waals surface area contributed by atoms with Gasteiger partial charge in [-0.25, -0.2) is 0 Å². The van der Waals surface area contributed by atoms with Crippen molar-refractivity contribution in [3.8, 4) is 12.3 Å². The van der Waals surface area contributed by atoms with Crippen LogP contribution in [-0.4, -0.2) is 11.7 Å². The van der Waals surface area contributed by atoms with Crippen LogP contribution in [0, 0.1) is 12.3 Å². The van der Waals surface area contributed by atoms with Crippen LogP contribution >= 0.6 is 23.4 Å². The third-order valence-corrected chi connectivity index (χ3v) is 3.94. The fraction of sp³-hybridized carbons (Fsp3) is 0.118. The Morgan fingerprint density at radius 2 is 2.05 bits per heavy atom. The SMILES string of the molecule is C#Cc1cccc(NC(=O)CSCc2cccc(Cl)c2)c1. The van der Waals surface area contributed by atoms with Gasteiger partial charge in [-0.1, -0.05) is 35.7 Å². The number of benzene rings is 2. The summed E-state index contributed by atoms with van der Waals surface area (Å²) in [6, 6.07) is 14.9. The van der Waals surface area contributed by atoms with E-state index in [2.05, 4.69) is 11.2 Å². The first-order valence-electron chi connectivity index (χ1n) is 6.36. The van der Waals surface area contributed by atoms with E-state index < -0.39 is 0 Å². The molecule has 21 heavy (non-hydrogen) atoms. The highest BCUT2D eigenvalue weighted by atomic mass is 35.5. The minimum absolute atomic E-state index is 0.0452. The minimum Gasteiger partial charge on any atom is -0.325 e. The van der Waals surface area contributed by atoms with Gasteiger partial charge in [-0.2, -0.15) is 0 Å². The molecule has 2 aromatic carbocycles. The molecule has 1 N–H and O–H groups in total. The summed E-state index contributed by atoms with van der Waals surface area (Å²) in [6.45, 7) is 0. The van der Waals surface area contributed by atoms with Gasteiger partial charge in [0.2, 0.25) is 5.91 Å². The highest BCUT2D eigenvalue weighted by Gasteiger charge is 2.03. The van der Waals surface area contributed by atoms with Gasteiger partial charge in [0.05, 0.1) is 5.75 Å². The Morgan fingerprint density at radius 1 is 1.24 bits per heavy atom. The number of carbonyl (C=O) groups is 1. The lowest BCUT2D eigenvalue weighted by atomic mass is 10.2. The van der Waals surface area contributed by atoms with Crippen LogP contribution in [0.25, 0.3) is 0 Å². The van der Waals surface area contributed by atoms with Gasteiger partial charge in [0.1, 0.15) is 0 Å². The van der Waals surface area contributed by atoms with Crippen LogP contribution in [0.2, 0.25) is 5.02 Å². The van der Waals surface area contributed by atoms with E-state index in [-0.39, 0.29) is 5.91 Å². The fourth-order valence-corrected chi connectivity index (χ4v) is 2.76. The van der Waals surface area contributed by atoms with E-state index in [1.807, 2.05) is 42.5 Å². The monoisotopic (exact) mass is 315 g/mol. The van der Waals surface area contributed by atoms with Crippen LogP contribution in [0.4, 0.5) is 5.69 Å². The quantitative estimate of drug-likeness (QED) is 0.838. The zero-order valence-corrected chi connectivity index (χ0v) is 12.9. The fourth-order valence-electron chi connectivity index (χ4n) is 1.77. The van der Waals surface area contributed by atoms with Crippen molar-refractivity contribution in [2.24, 2.45) is 0 Å². The van der Waals surface area contributed by atoms with E-state index in [1.165, 1.54) is 0 Å². The van der Waals surface area contributed by atoms with Crippen molar-refractivity contribution in [1.82, 2.24) is 0 Å². The predicted molar refractivity (Wildman–Crippen MR) is 90.6 cm³/mol. The number of hydrogen-bond donors (Lipinski definition) is 1. The molecule has 0 heterocycles. The summed E-state index contributed by atoms with van der Waals surface area (Å²) >= 11 is 7.46. The van der Waals surface area contributed by atoms with Crippen molar-refractivity contribution < 1.29 is 4.79 Å². The van der Waals surface area contributed by atoms with Gasteiger partial charge in [0.25, 0.3) is 0 Å². The van der Waals surface area contributed by atoms with E-state index >= 15 is 0 Å². The molecule has 0 bridgehead atoms. The van der Waals surface area contributed by atoms with Crippen molar-refractivity contribution in [1.29, 1.82) is 0 Å². The number of carbonyl (C=O) groups excluding carboxylic acids is 1. The average molecular weight is 316 g/mol. The molecule has 2 aromatic rings. The van der Waals surface area contributed by atoms with Crippen LogP contribution < -0.4 is 5.32 Å². The summed E-state index contributed by atoms with van der Waals surface area (Å²) < 4.78 is 0. The van der Waals surface area contributed by atoms with Crippen LogP contribution in [0.15, 0.2) is 48.5 Å². The molecule has 0 saturated heterocycles. The molecule has 4 heteroatoms. The van der Waals surface area contributed by atoms with Crippen molar-refractivity contribution in [2.75, 3.05) is 11.1 Å². The topological polar surface area (TPSA) is 29.1 Å². The molecule has 0 unspecified atom stereocenters. The van der Waals surface area contributed by atoms with Crippen LogP contribution in [0.1, 0.15) is 11.1 Å². The van der Waals surface area contributed by atoms with E-state index in [4.69, 9.17) is 18.0 Å². The largest absolute Gasteiger partial charge is 0.325 e. The first-order chi connectivity index (χ1) is 10.2. The van der Waals surface area contributed by atoms with Crippen molar-refractivity contribution in [2.45, 2.75) is 5.75 Å². The maximum atomic E-state index is 11.9. The minimum atomic E-state index is -0.0452. The standard InChI is InChI=1S/C17H14ClNOS/c1-2-13-5-4-8-16(10-13)19-17(20)12-21-11-14-6-3-7-15(18)9-14/h1,3-10H,11-12H2,(H,19,20). The first kappa shape index (κ1) is 15.5. The predicted octanol–water partition coefficient (Wildman–Crippen LogP) is 4.19. The molecule has 2 rings (SSSR count). The van der Waals surface area contributed by atoms with Gasteiger partial charge in [-0.05, 0) is 35.9 Å². The third-order valence-electron chi connectivity index (χ3n) is 2.70. The van der Waals surface area contributed by atoms with Gasteiger partial charge in [0.15, 0.2) is 0 Å². The molecule has 1 amide bonds. The molecule has 0 atom stereocenters.